The van der Waals surface area contributed by atoms with Crippen LogP contribution in [0.3, 0.4) is 0 Å². The van der Waals surface area contributed by atoms with E-state index in [0.29, 0.717) is 12.2 Å². The third-order valence-electron chi connectivity index (χ3n) is 2.35. The van der Waals surface area contributed by atoms with E-state index in [1.54, 1.807) is 0 Å². The summed E-state index contributed by atoms with van der Waals surface area (Å²) in [7, 11) is 0. The molecule has 0 amide bonds. The summed E-state index contributed by atoms with van der Waals surface area (Å²) in [6.45, 7) is 2.01. The molecule has 1 aromatic heterocycles. The Morgan fingerprint density at radius 2 is 2.00 bits per heavy atom. The van der Waals surface area contributed by atoms with Gasteiger partial charge in [-0.25, -0.2) is 9.97 Å². The maximum absolute atomic E-state index is 10.4. The van der Waals surface area contributed by atoms with Gasteiger partial charge in [0.2, 0.25) is 0 Å². The average Bonchev–Trinajstić information content (AvgIpc) is 2.29. The summed E-state index contributed by atoms with van der Waals surface area (Å²) in [5, 5.41) is 10.4. The molecule has 2 rings (SSSR count). The first kappa shape index (κ1) is 11.2. The number of nitro groups is 1. The third kappa shape index (κ3) is 2.84. The van der Waals surface area contributed by atoms with Gasteiger partial charge < -0.3 is 0 Å². The van der Waals surface area contributed by atoms with Crippen LogP contribution in [0.4, 0.5) is 5.69 Å². The Kier molecular flexibility index (Phi) is 3.09. The number of benzene rings is 1. The van der Waals surface area contributed by atoms with Gasteiger partial charge in [-0.15, -0.1) is 0 Å². The van der Waals surface area contributed by atoms with E-state index in [-0.39, 0.29) is 5.69 Å². The molecule has 0 bridgehead atoms. The summed E-state index contributed by atoms with van der Waals surface area (Å²) in [5.74, 6) is 0.584. The minimum Gasteiger partial charge on any atom is -0.258 e. The molecule has 0 fully saturated rings. The van der Waals surface area contributed by atoms with Crippen LogP contribution in [0.2, 0.25) is 0 Å². The van der Waals surface area contributed by atoms with Crippen LogP contribution in [0.1, 0.15) is 17.0 Å². The van der Waals surface area contributed by atoms with E-state index in [1.165, 1.54) is 18.0 Å². The molecule has 0 N–H and O–H groups in total. The Bertz CT molecular complexity index is 538. The number of aromatic nitrogens is 2. The van der Waals surface area contributed by atoms with Crippen molar-refractivity contribution in [2.45, 2.75) is 13.3 Å². The first-order chi connectivity index (χ1) is 8.15. The number of hydrogen-bond acceptors (Lipinski definition) is 4. The molecule has 17 heavy (non-hydrogen) atoms. The minimum atomic E-state index is -0.504. The quantitative estimate of drug-likeness (QED) is 0.598. The summed E-state index contributed by atoms with van der Waals surface area (Å²) < 4.78 is 0. The monoisotopic (exact) mass is 229 g/mol. The molecule has 0 aliphatic rings. The van der Waals surface area contributed by atoms with E-state index >= 15 is 0 Å². The van der Waals surface area contributed by atoms with E-state index in [2.05, 4.69) is 9.97 Å². The third-order valence-corrected chi connectivity index (χ3v) is 2.35. The van der Waals surface area contributed by atoms with Crippen molar-refractivity contribution in [3.63, 3.8) is 0 Å². The summed E-state index contributed by atoms with van der Waals surface area (Å²) in [6.07, 6.45) is 3.05. The van der Waals surface area contributed by atoms with Crippen molar-refractivity contribution in [1.29, 1.82) is 0 Å². The SMILES string of the molecule is Cc1cccc(Cc2ncc([N+](=O)[O-])cn2)c1. The highest BCUT2D eigenvalue weighted by Gasteiger charge is 2.06. The van der Waals surface area contributed by atoms with E-state index < -0.39 is 4.92 Å². The van der Waals surface area contributed by atoms with Gasteiger partial charge in [-0.05, 0) is 12.5 Å². The van der Waals surface area contributed by atoms with Crippen molar-refractivity contribution in [2.75, 3.05) is 0 Å². The summed E-state index contributed by atoms with van der Waals surface area (Å²) in [4.78, 5) is 17.9. The van der Waals surface area contributed by atoms with Crippen LogP contribution in [-0.2, 0) is 6.42 Å². The van der Waals surface area contributed by atoms with E-state index in [4.69, 9.17) is 0 Å². The van der Waals surface area contributed by atoms with Crippen LogP contribution in [0, 0.1) is 17.0 Å². The van der Waals surface area contributed by atoms with Crippen LogP contribution in [-0.4, -0.2) is 14.9 Å². The largest absolute Gasteiger partial charge is 0.305 e. The molecule has 0 saturated heterocycles. The maximum Gasteiger partial charge on any atom is 0.305 e. The molecule has 5 heteroatoms. The molecule has 5 nitrogen and oxygen atoms in total. The Morgan fingerprint density at radius 1 is 1.29 bits per heavy atom. The van der Waals surface area contributed by atoms with Crippen molar-refractivity contribution in [3.8, 4) is 0 Å². The number of nitrogens with zero attached hydrogens (tertiary/aromatic N) is 3. The summed E-state index contributed by atoms with van der Waals surface area (Å²) in [6, 6.07) is 8.01. The molecular formula is C12H11N3O2. The van der Waals surface area contributed by atoms with Gasteiger partial charge in [-0.1, -0.05) is 29.8 Å². The lowest BCUT2D eigenvalue weighted by molar-refractivity contribution is -0.385. The first-order valence-corrected chi connectivity index (χ1v) is 5.16. The molecule has 0 aliphatic heterocycles. The van der Waals surface area contributed by atoms with Gasteiger partial charge in [-0.3, -0.25) is 10.1 Å². The fraction of sp³-hybridized carbons (Fsp3) is 0.167. The lowest BCUT2D eigenvalue weighted by Gasteiger charge is -2.01. The normalized spacial score (nSPS) is 10.2. The molecule has 0 unspecified atom stereocenters. The van der Waals surface area contributed by atoms with E-state index in [1.807, 2.05) is 31.2 Å². The predicted molar refractivity (Wildman–Crippen MR) is 62.7 cm³/mol. The smallest absolute Gasteiger partial charge is 0.258 e. The summed E-state index contributed by atoms with van der Waals surface area (Å²) in [5.41, 5.74) is 2.18. The van der Waals surface area contributed by atoms with Gasteiger partial charge >= 0.3 is 5.69 Å². The fourth-order valence-electron chi connectivity index (χ4n) is 1.54. The molecule has 0 saturated carbocycles. The Labute approximate surface area is 98.3 Å². The number of hydrogen-bond donors (Lipinski definition) is 0. The van der Waals surface area contributed by atoms with Crippen LogP contribution in [0.25, 0.3) is 0 Å². The molecule has 0 radical (unpaired) electrons. The molecule has 86 valence electrons. The van der Waals surface area contributed by atoms with E-state index in [0.717, 1.165) is 5.56 Å². The van der Waals surface area contributed by atoms with Gasteiger partial charge in [0.25, 0.3) is 0 Å². The second-order valence-electron chi connectivity index (χ2n) is 3.78. The predicted octanol–water partition coefficient (Wildman–Crippen LogP) is 2.28. The average molecular weight is 229 g/mol. The van der Waals surface area contributed by atoms with Crippen molar-refractivity contribution in [1.82, 2.24) is 9.97 Å². The van der Waals surface area contributed by atoms with Crippen LogP contribution in [0.5, 0.6) is 0 Å². The highest BCUT2D eigenvalue weighted by Crippen LogP contribution is 2.10. The van der Waals surface area contributed by atoms with E-state index in [9.17, 15) is 10.1 Å². The van der Waals surface area contributed by atoms with Crippen molar-refractivity contribution in [2.24, 2.45) is 0 Å². The molecule has 0 spiro atoms. The second kappa shape index (κ2) is 4.69. The molecule has 0 aliphatic carbocycles. The minimum absolute atomic E-state index is 0.0852. The highest BCUT2D eigenvalue weighted by atomic mass is 16.6. The van der Waals surface area contributed by atoms with Crippen LogP contribution in [0.15, 0.2) is 36.7 Å². The molecule has 0 atom stereocenters. The lowest BCUT2D eigenvalue weighted by Crippen LogP contribution is -1.98. The van der Waals surface area contributed by atoms with Crippen molar-refractivity contribution >= 4 is 5.69 Å². The lowest BCUT2D eigenvalue weighted by atomic mass is 10.1. The topological polar surface area (TPSA) is 68.9 Å². The first-order valence-electron chi connectivity index (χ1n) is 5.16. The second-order valence-corrected chi connectivity index (χ2v) is 3.78. The van der Waals surface area contributed by atoms with Crippen LogP contribution < -0.4 is 0 Å². The van der Waals surface area contributed by atoms with Gasteiger partial charge in [0.1, 0.15) is 18.2 Å². The zero-order chi connectivity index (χ0) is 12.3. The summed E-state index contributed by atoms with van der Waals surface area (Å²) >= 11 is 0. The standard InChI is InChI=1S/C12H11N3O2/c1-9-3-2-4-10(5-9)6-12-13-7-11(8-14-12)15(16)17/h2-5,7-8H,6H2,1H3. The van der Waals surface area contributed by atoms with Crippen molar-refractivity contribution < 1.29 is 4.92 Å². The molecule has 1 heterocycles. The Hall–Kier alpha value is -2.30. The van der Waals surface area contributed by atoms with Gasteiger partial charge in [0.15, 0.2) is 0 Å². The molecule has 2 aromatic rings. The van der Waals surface area contributed by atoms with Crippen molar-refractivity contribution in [3.05, 3.63) is 63.7 Å². The zero-order valence-electron chi connectivity index (χ0n) is 9.33. The zero-order valence-corrected chi connectivity index (χ0v) is 9.33. The molecular weight excluding hydrogens is 218 g/mol. The maximum atomic E-state index is 10.4. The highest BCUT2D eigenvalue weighted by molar-refractivity contribution is 5.26. The number of aryl methyl sites for hydroxylation is 1. The van der Waals surface area contributed by atoms with Gasteiger partial charge in [-0.2, -0.15) is 0 Å². The molecule has 1 aromatic carbocycles. The Balaban J connectivity index is 2.16. The van der Waals surface area contributed by atoms with Gasteiger partial charge in [0, 0.05) is 6.42 Å². The fourth-order valence-corrected chi connectivity index (χ4v) is 1.54. The Morgan fingerprint density at radius 3 is 2.59 bits per heavy atom. The number of rotatable bonds is 3. The van der Waals surface area contributed by atoms with Gasteiger partial charge in [0.05, 0.1) is 4.92 Å². The van der Waals surface area contributed by atoms with Crippen LogP contribution >= 0.6 is 0 Å².